The molecule has 2 N–H and O–H groups in total. The van der Waals surface area contributed by atoms with Gasteiger partial charge in [0.05, 0.1) is 12.4 Å². The highest BCUT2D eigenvalue weighted by molar-refractivity contribution is 7.88. The number of rotatable bonds is 9. The van der Waals surface area contributed by atoms with Gasteiger partial charge in [0.2, 0.25) is 10.0 Å². The Morgan fingerprint density at radius 2 is 1.56 bits per heavy atom. The summed E-state index contributed by atoms with van der Waals surface area (Å²) in [5.74, 6) is -0.559. The number of carbonyl (C=O) groups is 1. The van der Waals surface area contributed by atoms with E-state index in [-0.39, 0.29) is 30.6 Å². The maximum atomic E-state index is 12.3. The molecule has 0 amide bonds. The van der Waals surface area contributed by atoms with Crippen molar-refractivity contribution in [1.29, 1.82) is 0 Å². The molecule has 0 aromatic heterocycles. The molecule has 0 aliphatic rings. The topological polar surface area (TPSA) is 98.9 Å². The van der Waals surface area contributed by atoms with Gasteiger partial charge in [0.15, 0.2) is 0 Å². The van der Waals surface area contributed by atoms with Crippen LogP contribution in [-0.2, 0) is 24.3 Å². The van der Waals surface area contributed by atoms with Gasteiger partial charge in [-0.05, 0) is 39.0 Å². The molecule has 0 aliphatic heterocycles. The Bertz CT molecular complexity index is 576. The first-order valence-corrected chi connectivity index (χ1v) is 11.3. The summed E-state index contributed by atoms with van der Waals surface area (Å²) in [6.07, 6.45) is 0.404. The second-order valence-corrected chi connectivity index (χ2v) is 11.5. The van der Waals surface area contributed by atoms with Gasteiger partial charge in [-0.3, -0.25) is 4.79 Å². The van der Waals surface area contributed by atoms with Crippen LogP contribution in [0.5, 0.6) is 0 Å². The van der Waals surface area contributed by atoms with Crippen molar-refractivity contribution in [3.05, 3.63) is 0 Å². The number of esters is 1. The summed E-state index contributed by atoms with van der Waals surface area (Å²) in [6, 6.07) is -0.723. The minimum Gasteiger partial charge on any atom is -0.462 e. The highest BCUT2D eigenvalue weighted by atomic mass is 32.2. The number of ether oxygens (including phenoxy) is 2. The molecular formula is C19H40N2O5S. The standard InChI is InChI=1S/C19H40N2O5S/c1-13(2)16(20)17(22)25-12-15(26-14(3)18(4,5)6)11-21(19(7,8)9)27(10,23)24/h13-16H,11-12,20H2,1-10H3/t14-,15-,16-/m0/s1. The van der Waals surface area contributed by atoms with E-state index in [4.69, 9.17) is 15.2 Å². The van der Waals surface area contributed by atoms with Crippen molar-refractivity contribution in [2.45, 2.75) is 86.1 Å². The second-order valence-electron chi connectivity index (χ2n) is 9.63. The van der Waals surface area contributed by atoms with Gasteiger partial charge in [-0.2, -0.15) is 4.31 Å². The summed E-state index contributed by atoms with van der Waals surface area (Å²) in [6.45, 7) is 17.2. The molecule has 0 saturated heterocycles. The number of hydrogen-bond donors (Lipinski definition) is 1. The molecule has 0 bridgehead atoms. The molecule has 0 aliphatic carbocycles. The summed E-state index contributed by atoms with van der Waals surface area (Å²) in [5.41, 5.74) is 5.06. The van der Waals surface area contributed by atoms with E-state index in [1.165, 1.54) is 10.6 Å². The van der Waals surface area contributed by atoms with Gasteiger partial charge in [0, 0.05) is 12.1 Å². The summed E-state index contributed by atoms with van der Waals surface area (Å²) >= 11 is 0. The number of carbonyl (C=O) groups excluding carboxylic acids is 1. The number of nitrogens with zero attached hydrogens (tertiary/aromatic N) is 1. The van der Waals surface area contributed by atoms with Crippen molar-refractivity contribution in [2.24, 2.45) is 17.1 Å². The zero-order chi connectivity index (χ0) is 21.8. The fourth-order valence-corrected chi connectivity index (χ4v) is 3.69. The van der Waals surface area contributed by atoms with Crippen LogP contribution in [-0.4, -0.2) is 61.9 Å². The van der Waals surface area contributed by atoms with E-state index in [0.717, 1.165) is 0 Å². The lowest BCUT2D eigenvalue weighted by Gasteiger charge is -2.38. The fraction of sp³-hybridized carbons (Fsp3) is 0.947. The quantitative estimate of drug-likeness (QED) is 0.588. The third-order valence-corrected chi connectivity index (χ3v) is 6.03. The maximum Gasteiger partial charge on any atom is 0.323 e. The number of nitrogens with two attached hydrogens (primary N) is 1. The molecule has 3 atom stereocenters. The molecule has 0 radical (unpaired) electrons. The lowest BCUT2D eigenvalue weighted by atomic mass is 9.90. The minimum absolute atomic E-state index is 0.0486. The van der Waals surface area contributed by atoms with Crippen molar-refractivity contribution in [2.75, 3.05) is 19.4 Å². The summed E-state index contributed by atoms with van der Waals surface area (Å²) in [4.78, 5) is 12.1. The van der Waals surface area contributed by atoms with Crippen molar-refractivity contribution in [3.63, 3.8) is 0 Å². The average molecular weight is 409 g/mol. The van der Waals surface area contributed by atoms with Crippen LogP contribution in [0.25, 0.3) is 0 Å². The maximum absolute atomic E-state index is 12.3. The van der Waals surface area contributed by atoms with Gasteiger partial charge in [0.1, 0.15) is 18.8 Å². The molecule has 8 heteroatoms. The first-order valence-electron chi connectivity index (χ1n) is 9.42. The van der Waals surface area contributed by atoms with Crippen LogP contribution in [0.3, 0.4) is 0 Å². The Morgan fingerprint density at radius 3 is 1.89 bits per heavy atom. The van der Waals surface area contributed by atoms with Crippen molar-refractivity contribution < 1.29 is 22.7 Å². The Kier molecular flexibility index (Phi) is 9.42. The lowest BCUT2D eigenvalue weighted by Crippen LogP contribution is -2.51. The Labute approximate surface area is 166 Å². The first kappa shape index (κ1) is 26.3. The van der Waals surface area contributed by atoms with E-state index in [0.29, 0.717) is 0 Å². The molecule has 0 saturated carbocycles. The van der Waals surface area contributed by atoms with Crippen LogP contribution < -0.4 is 5.73 Å². The van der Waals surface area contributed by atoms with Gasteiger partial charge < -0.3 is 15.2 Å². The molecule has 0 fully saturated rings. The van der Waals surface area contributed by atoms with Crippen molar-refractivity contribution in [3.8, 4) is 0 Å². The zero-order valence-electron chi connectivity index (χ0n) is 18.7. The van der Waals surface area contributed by atoms with E-state index >= 15 is 0 Å². The monoisotopic (exact) mass is 408 g/mol. The summed E-state index contributed by atoms with van der Waals surface area (Å²) < 4.78 is 37.4. The molecule has 0 spiro atoms. The second kappa shape index (κ2) is 9.67. The van der Waals surface area contributed by atoms with Crippen LogP contribution in [0, 0.1) is 11.3 Å². The van der Waals surface area contributed by atoms with Crippen molar-refractivity contribution in [1.82, 2.24) is 4.31 Å². The van der Waals surface area contributed by atoms with E-state index in [1.807, 2.05) is 62.3 Å². The molecule has 0 rings (SSSR count). The van der Waals surface area contributed by atoms with Crippen LogP contribution in [0.4, 0.5) is 0 Å². The number of hydrogen-bond acceptors (Lipinski definition) is 6. The van der Waals surface area contributed by atoms with E-state index in [1.54, 1.807) is 0 Å². The molecule has 0 heterocycles. The smallest absolute Gasteiger partial charge is 0.323 e. The van der Waals surface area contributed by atoms with E-state index in [2.05, 4.69) is 0 Å². The van der Waals surface area contributed by atoms with Crippen LogP contribution >= 0.6 is 0 Å². The van der Waals surface area contributed by atoms with E-state index in [9.17, 15) is 13.2 Å². The highest BCUT2D eigenvalue weighted by Gasteiger charge is 2.34. The molecule has 7 nitrogen and oxygen atoms in total. The summed E-state index contributed by atoms with van der Waals surface area (Å²) in [7, 11) is -3.47. The zero-order valence-corrected chi connectivity index (χ0v) is 19.5. The lowest BCUT2D eigenvalue weighted by molar-refractivity contribution is -0.154. The molecule has 0 aromatic carbocycles. The van der Waals surface area contributed by atoms with Crippen molar-refractivity contribution >= 4 is 16.0 Å². The largest absolute Gasteiger partial charge is 0.462 e. The molecular weight excluding hydrogens is 368 g/mol. The Balaban J connectivity index is 5.44. The predicted octanol–water partition coefficient (Wildman–Crippen LogP) is 2.39. The molecule has 0 aromatic rings. The number of sulfonamides is 1. The van der Waals surface area contributed by atoms with Gasteiger partial charge >= 0.3 is 5.97 Å². The summed E-state index contributed by atoms with van der Waals surface area (Å²) in [5, 5.41) is 0. The normalized spacial score (nSPS) is 17.1. The van der Waals surface area contributed by atoms with Crippen LogP contribution in [0.2, 0.25) is 0 Å². The van der Waals surface area contributed by atoms with Crippen LogP contribution in [0.1, 0.15) is 62.3 Å². The average Bonchev–Trinajstić information content (AvgIpc) is 2.44. The Morgan fingerprint density at radius 1 is 1.07 bits per heavy atom. The SMILES string of the molecule is CC(C)[C@H](N)C(=O)OC[C@H](CN(C(C)(C)C)S(C)(=O)=O)O[C@@H](C)C(C)(C)C. The third-order valence-electron chi connectivity index (χ3n) is 4.54. The highest BCUT2D eigenvalue weighted by Crippen LogP contribution is 2.25. The molecule has 27 heavy (non-hydrogen) atoms. The van der Waals surface area contributed by atoms with Gasteiger partial charge in [0.25, 0.3) is 0 Å². The fourth-order valence-electron chi connectivity index (χ4n) is 2.26. The molecule has 0 unspecified atom stereocenters. The molecule has 162 valence electrons. The van der Waals surface area contributed by atoms with Crippen LogP contribution in [0.15, 0.2) is 0 Å². The van der Waals surface area contributed by atoms with Gasteiger partial charge in [-0.15, -0.1) is 0 Å². The van der Waals surface area contributed by atoms with Gasteiger partial charge in [-0.1, -0.05) is 34.6 Å². The first-order chi connectivity index (χ1) is 11.9. The Hall–Kier alpha value is -0.700. The van der Waals surface area contributed by atoms with E-state index < -0.39 is 33.7 Å². The minimum atomic E-state index is -3.47. The van der Waals surface area contributed by atoms with Gasteiger partial charge in [-0.25, -0.2) is 8.42 Å². The third kappa shape index (κ3) is 9.36. The predicted molar refractivity (Wildman–Crippen MR) is 109 cm³/mol.